The van der Waals surface area contributed by atoms with Crippen molar-refractivity contribution in [3.8, 4) is 11.5 Å². The molecule has 0 aliphatic rings. The molecule has 154 valence electrons. The second kappa shape index (κ2) is 10.1. The van der Waals surface area contributed by atoms with Crippen LogP contribution >= 0.6 is 0 Å². The van der Waals surface area contributed by atoms with E-state index in [4.69, 9.17) is 4.74 Å². The average Bonchev–Trinajstić information content (AvgIpc) is 2.73. The zero-order chi connectivity index (χ0) is 21.3. The van der Waals surface area contributed by atoms with Crippen LogP contribution in [0.4, 0.5) is 11.4 Å². The third-order valence-electron chi connectivity index (χ3n) is 4.13. The molecule has 0 bridgehead atoms. The largest absolute Gasteiger partial charge is 0.457 e. The minimum absolute atomic E-state index is 0.0236. The number of rotatable bonds is 8. The SMILES string of the molecule is CC(C)NC(=O)c1ccccc1NCC(=O)Nc1cccc(Oc2ccccc2)c1. The fourth-order valence-electron chi connectivity index (χ4n) is 2.82. The van der Waals surface area contributed by atoms with Crippen molar-refractivity contribution in [3.05, 3.63) is 84.4 Å². The van der Waals surface area contributed by atoms with Crippen molar-refractivity contribution in [3.63, 3.8) is 0 Å². The number of hydrogen-bond donors (Lipinski definition) is 3. The molecule has 0 radical (unpaired) electrons. The number of para-hydroxylation sites is 2. The lowest BCUT2D eigenvalue weighted by atomic mass is 10.1. The highest BCUT2D eigenvalue weighted by Gasteiger charge is 2.12. The summed E-state index contributed by atoms with van der Waals surface area (Å²) in [6, 6.07) is 23.8. The highest BCUT2D eigenvalue weighted by molar-refractivity contribution is 6.01. The van der Waals surface area contributed by atoms with Gasteiger partial charge in [0.05, 0.1) is 12.1 Å². The summed E-state index contributed by atoms with van der Waals surface area (Å²) in [5.74, 6) is 0.937. The average molecular weight is 403 g/mol. The molecule has 2 amide bonds. The van der Waals surface area contributed by atoms with Gasteiger partial charge >= 0.3 is 0 Å². The van der Waals surface area contributed by atoms with E-state index in [2.05, 4.69) is 16.0 Å². The molecule has 0 saturated carbocycles. The van der Waals surface area contributed by atoms with Crippen molar-refractivity contribution < 1.29 is 14.3 Å². The van der Waals surface area contributed by atoms with E-state index in [-0.39, 0.29) is 24.4 Å². The van der Waals surface area contributed by atoms with Gasteiger partial charge in [0, 0.05) is 23.5 Å². The first-order valence-electron chi connectivity index (χ1n) is 9.78. The van der Waals surface area contributed by atoms with E-state index in [0.29, 0.717) is 22.7 Å². The van der Waals surface area contributed by atoms with Crippen LogP contribution in [0, 0.1) is 0 Å². The molecule has 6 nitrogen and oxygen atoms in total. The van der Waals surface area contributed by atoms with Gasteiger partial charge in [-0.3, -0.25) is 9.59 Å². The van der Waals surface area contributed by atoms with E-state index in [9.17, 15) is 9.59 Å². The van der Waals surface area contributed by atoms with Crippen LogP contribution < -0.4 is 20.7 Å². The molecular formula is C24H25N3O3. The number of nitrogens with one attached hydrogen (secondary N) is 3. The Morgan fingerprint density at radius 2 is 1.57 bits per heavy atom. The van der Waals surface area contributed by atoms with Crippen molar-refractivity contribution in [2.45, 2.75) is 19.9 Å². The van der Waals surface area contributed by atoms with Gasteiger partial charge in [0.25, 0.3) is 5.91 Å². The van der Waals surface area contributed by atoms with Gasteiger partial charge in [0.2, 0.25) is 5.91 Å². The molecule has 0 spiro atoms. The Bertz CT molecular complexity index is 1000. The lowest BCUT2D eigenvalue weighted by molar-refractivity contribution is -0.114. The van der Waals surface area contributed by atoms with Crippen molar-refractivity contribution in [2.75, 3.05) is 17.2 Å². The van der Waals surface area contributed by atoms with Crippen LogP contribution in [-0.4, -0.2) is 24.4 Å². The first kappa shape index (κ1) is 20.9. The summed E-state index contributed by atoms with van der Waals surface area (Å²) in [6.07, 6.45) is 0. The highest BCUT2D eigenvalue weighted by atomic mass is 16.5. The minimum atomic E-state index is -0.231. The molecule has 6 heteroatoms. The number of carbonyl (C=O) groups is 2. The van der Waals surface area contributed by atoms with Crippen LogP contribution in [0.2, 0.25) is 0 Å². The van der Waals surface area contributed by atoms with E-state index >= 15 is 0 Å². The zero-order valence-electron chi connectivity index (χ0n) is 17.0. The predicted molar refractivity (Wildman–Crippen MR) is 119 cm³/mol. The van der Waals surface area contributed by atoms with Crippen LogP contribution in [0.25, 0.3) is 0 Å². The highest BCUT2D eigenvalue weighted by Crippen LogP contribution is 2.24. The van der Waals surface area contributed by atoms with Crippen LogP contribution in [0.5, 0.6) is 11.5 Å². The standard InChI is InChI=1S/C24H25N3O3/c1-17(2)26-24(29)21-13-6-7-14-22(21)25-16-23(28)27-18-9-8-12-20(15-18)30-19-10-4-3-5-11-19/h3-15,17,25H,16H2,1-2H3,(H,26,29)(H,27,28). The predicted octanol–water partition coefficient (Wildman–Crippen LogP) is 4.67. The number of hydrogen-bond acceptors (Lipinski definition) is 4. The van der Waals surface area contributed by atoms with Gasteiger partial charge in [-0.15, -0.1) is 0 Å². The molecule has 0 heterocycles. The molecule has 0 atom stereocenters. The second-order valence-corrected chi connectivity index (χ2v) is 7.02. The van der Waals surface area contributed by atoms with Gasteiger partial charge < -0.3 is 20.7 Å². The van der Waals surface area contributed by atoms with E-state index in [0.717, 1.165) is 5.75 Å². The zero-order valence-corrected chi connectivity index (χ0v) is 17.0. The second-order valence-electron chi connectivity index (χ2n) is 7.02. The van der Waals surface area contributed by atoms with Gasteiger partial charge in [-0.25, -0.2) is 0 Å². The molecule has 0 aromatic heterocycles. The molecule has 0 aliphatic carbocycles. The fraction of sp³-hybridized carbons (Fsp3) is 0.167. The van der Waals surface area contributed by atoms with Gasteiger partial charge in [-0.05, 0) is 50.2 Å². The maximum atomic E-state index is 12.4. The van der Waals surface area contributed by atoms with E-state index in [1.165, 1.54) is 0 Å². The van der Waals surface area contributed by atoms with Gasteiger partial charge in [-0.2, -0.15) is 0 Å². The lowest BCUT2D eigenvalue weighted by Gasteiger charge is -2.14. The molecule has 30 heavy (non-hydrogen) atoms. The quantitative estimate of drug-likeness (QED) is 0.511. The Morgan fingerprint density at radius 1 is 0.867 bits per heavy atom. The minimum Gasteiger partial charge on any atom is -0.457 e. The molecule has 3 N–H and O–H groups in total. The molecule has 3 aromatic rings. The van der Waals surface area contributed by atoms with Crippen LogP contribution in [0.15, 0.2) is 78.9 Å². The van der Waals surface area contributed by atoms with Crippen molar-refractivity contribution in [1.29, 1.82) is 0 Å². The molecule has 3 aromatic carbocycles. The maximum Gasteiger partial charge on any atom is 0.253 e. The summed E-state index contributed by atoms with van der Waals surface area (Å²) in [7, 11) is 0. The summed E-state index contributed by atoms with van der Waals surface area (Å²) >= 11 is 0. The van der Waals surface area contributed by atoms with E-state index in [1.54, 1.807) is 30.3 Å². The normalized spacial score (nSPS) is 10.4. The number of benzene rings is 3. The van der Waals surface area contributed by atoms with Gasteiger partial charge in [-0.1, -0.05) is 36.4 Å². The van der Waals surface area contributed by atoms with Crippen LogP contribution in [-0.2, 0) is 4.79 Å². The third-order valence-corrected chi connectivity index (χ3v) is 4.13. The fourth-order valence-corrected chi connectivity index (χ4v) is 2.82. The first-order valence-corrected chi connectivity index (χ1v) is 9.78. The van der Waals surface area contributed by atoms with Crippen molar-refractivity contribution in [2.24, 2.45) is 0 Å². The molecule has 0 aliphatic heterocycles. The summed E-state index contributed by atoms with van der Waals surface area (Å²) in [5.41, 5.74) is 1.73. The summed E-state index contributed by atoms with van der Waals surface area (Å²) in [5, 5.41) is 8.73. The monoisotopic (exact) mass is 403 g/mol. The summed E-state index contributed by atoms with van der Waals surface area (Å²) in [4.78, 5) is 24.7. The topological polar surface area (TPSA) is 79.5 Å². The first-order chi connectivity index (χ1) is 14.5. The molecule has 0 fully saturated rings. The number of carbonyl (C=O) groups excluding carboxylic acids is 2. The van der Waals surface area contributed by atoms with Crippen LogP contribution in [0.1, 0.15) is 24.2 Å². The van der Waals surface area contributed by atoms with Crippen molar-refractivity contribution in [1.82, 2.24) is 5.32 Å². The van der Waals surface area contributed by atoms with Crippen molar-refractivity contribution >= 4 is 23.2 Å². The number of ether oxygens (including phenoxy) is 1. The lowest BCUT2D eigenvalue weighted by Crippen LogP contribution is -2.31. The molecule has 0 saturated heterocycles. The Labute approximate surface area is 176 Å². The van der Waals surface area contributed by atoms with Gasteiger partial charge in [0.1, 0.15) is 11.5 Å². The Kier molecular flexibility index (Phi) is 7.05. The smallest absolute Gasteiger partial charge is 0.253 e. The Morgan fingerprint density at radius 3 is 2.33 bits per heavy atom. The maximum absolute atomic E-state index is 12.4. The molecular weight excluding hydrogens is 378 g/mol. The summed E-state index contributed by atoms with van der Waals surface area (Å²) < 4.78 is 5.79. The molecule has 3 rings (SSSR count). The van der Waals surface area contributed by atoms with E-state index < -0.39 is 0 Å². The third kappa shape index (κ3) is 6.10. The number of anilines is 2. The Balaban J connectivity index is 1.59. The van der Waals surface area contributed by atoms with Crippen LogP contribution in [0.3, 0.4) is 0 Å². The van der Waals surface area contributed by atoms with E-state index in [1.807, 2.05) is 62.4 Å². The number of amides is 2. The van der Waals surface area contributed by atoms with Gasteiger partial charge in [0.15, 0.2) is 0 Å². The summed E-state index contributed by atoms with van der Waals surface area (Å²) in [6.45, 7) is 3.82. The Hall–Kier alpha value is -3.80. The molecule has 0 unspecified atom stereocenters.